The van der Waals surface area contributed by atoms with Gasteiger partial charge in [0.25, 0.3) is 0 Å². The van der Waals surface area contributed by atoms with E-state index < -0.39 is 24.7 Å². The van der Waals surface area contributed by atoms with Crippen LogP contribution in [0, 0.1) is 0 Å². The lowest BCUT2D eigenvalue weighted by Crippen LogP contribution is -2.45. The Kier molecular flexibility index (Phi) is 5.22. The molecular weight excluding hydrogens is 197 g/mol. The second kappa shape index (κ2) is 5.64. The number of nitrogens with one attached hydrogen (secondary N) is 2. The fourth-order valence-corrected chi connectivity index (χ4v) is 0.693. The van der Waals surface area contributed by atoms with Crippen LogP contribution in [0.15, 0.2) is 12.7 Å². The lowest BCUT2D eigenvalue weighted by atomic mass is 10.3. The number of amides is 1. The Morgan fingerprint density at radius 2 is 2.14 bits per heavy atom. The van der Waals surface area contributed by atoms with Gasteiger partial charge < -0.3 is 10.6 Å². The summed E-state index contributed by atoms with van der Waals surface area (Å²) in [4.78, 5) is 11.0. The molecule has 0 aromatic heterocycles. The summed E-state index contributed by atoms with van der Waals surface area (Å²) in [5.74, 6) is -0.677. The first-order valence-electron chi connectivity index (χ1n) is 4.05. The van der Waals surface area contributed by atoms with E-state index in [2.05, 4.69) is 11.9 Å². The first-order valence-corrected chi connectivity index (χ1v) is 4.05. The molecule has 0 saturated carbocycles. The van der Waals surface area contributed by atoms with Crippen LogP contribution in [0.3, 0.4) is 0 Å². The first-order chi connectivity index (χ1) is 6.37. The lowest BCUT2D eigenvalue weighted by Gasteiger charge is -2.13. The van der Waals surface area contributed by atoms with Crippen LogP contribution >= 0.6 is 0 Å². The maximum absolute atomic E-state index is 11.7. The number of alkyl halides is 3. The Morgan fingerprint density at radius 3 is 2.57 bits per heavy atom. The van der Waals surface area contributed by atoms with Crippen molar-refractivity contribution < 1.29 is 18.0 Å². The van der Waals surface area contributed by atoms with Crippen molar-refractivity contribution >= 4 is 5.91 Å². The molecule has 1 unspecified atom stereocenters. The fourth-order valence-electron chi connectivity index (χ4n) is 0.693. The van der Waals surface area contributed by atoms with Crippen LogP contribution in [0.5, 0.6) is 0 Å². The van der Waals surface area contributed by atoms with Crippen molar-refractivity contribution in [2.24, 2.45) is 0 Å². The normalized spacial score (nSPS) is 13.4. The van der Waals surface area contributed by atoms with Gasteiger partial charge in [-0.2, -0.15) is 13.2 Å². The Labute approximate surface area is 80.4 Å². The third kappa shape index (κ3) is 6.47. The maximum Gasteiger partial charge on any atom is 0.405 e. The predicted octanol–water partition coefficient (Wildman–Crippen LogP) is 0.829. The molecule has 14 heavy (non-hydrogen) atoms. The van der Waals surface area contributed by atoms with E-state index in [0.29, 0.717) is 6.54 Å². The summed E-state index contributed by atoms with van der Waals surface area (Å²) in [7, 11) is 0. The third-order valence-electron chi connectivity index (χ3n) is 1.42. The monoisotopic (exact) mass is 210 g/mol. The molecule has 0 radical (unpaired) electrons. The second-order valence-electron chi connectivity index (χ2n) is 2.75. The molecule has 1 atom stereocenters. The average Bonchev–Trinajstić information content (AvgIpc) is 2.09. The van der Waals surface area contributed by atoms with Gasteiger partial charge in [0.2, 0.25) is 5.91 Å². The van der Waals surface area contributed by atoms with Gasteiger partial charge in [0, 0.05) is 6.54 Å². The molecule has 0 rings (SSSR count). The topological polar surface area (TPSA) is 41.1 Å². The number of halogens is 3. The highest BCUT2D eigenvalue weighted by molar-refractivity contribution is 5.81. The van der Waals surface area contributed by atoms with E-state index in [0.717, 1.165) is 0 Å². The van der Waals surface area contributed by atoms with Crippen LogP contribution < -0.4 is 10.6 Å². The highest BCUT2D eigenvalue weighted by Crippen LogP contribution is 2.12. The molecule has 1 amide bonds. The van der Waals surface area contributed by atoms with Gasteiger partial charge in [-0.3, -0.25) is 4.79 Å². The summed E-state index contributed by atoms with van der Waals surface area (Å²) < 4.78 is 35.0. The zero-order valence-electron chi connectivity index (χ0n) is 7.82. The number of hydrogen-bond donors (Lipinski definition) is 2. The number of carbonyl (C=O) groups is 1. The first kappa shape index (κ1) is 13.0. The molecule has 0 spiro atoms. The van der Waals surface area contributed by atoms with E-state index in [1.165, 1.54) is 13.0 Å². The molecular formula is C8H13F3N2O. The fraction of sp³-hybridized carbons (Fsp3) is 0.625. The predicted molar refractivity (Wildman–Crippen MR) is 46.7 cm³/mol. The van der Waals surface area contributed by atoms with Crippen molar-refractivity contribution in [1.82, 2.24) is 10.6 Å². The molecule has 0 aliphatic carbocycles. The summed E-state index contributed by atoms with van der Waals surface area (Å²) in [6, 6.07) is -0.657. The Hall–Kier alpha value is -1.04. The Balaban J connectivity index is 3.78. The summed E-state index contributed by atoms with van der Waals surface area (Å²) in [5, 5.41) is 4.44. The summed E-state index contributed by atoms with van der Waals surface area (Å²) in [5.41, 5.74) is 0. The summed E-state index contributed by atoms with van der Waals surface area (Å²) in [6.45, 7) is 3.96. The average molecular weight is 210 g/mol. The van der Waals surface area contributed by atoms with E-state index in [1.807, 2.05) is 0 Å². The molecule has 0 aliphatic rings. The van der Waals surface area contributed by atoms with E-state index in [4.69, 9.17) is 0 Å². The van der Waals surface area contributed by atoms with Crippen LogP contribution in [0.2, 0.25) is 0 Å². The Bertz CT molecular complexity index is 203. The van der Waals surface area contributed by atoms with Crippen LogP contribution in [0.25, 0.3) is 0 Å². The van der Waals surface area contributed by atoms with Gasteiger partial charge in [-0.15, -0.1) is 6.58 Å². The highest BCUT2D eigenvalue weighted by atomic mass is 19.4. The van der Waals surface area contributed by atoms with Crippen molar-refractivity contribution in [1.29, 1.82) is 0 Å². The SMILES string of the molecule is C=CCNC(C)C(=O)NCC(F)(F)F. The molecule has 6 heteroatoms. The molecule has 0 bridgehead atoms. The van der Waals surface area contributed by atoms with Crippen molar-refractivity contribution in [2.45, 2.75) is 19.1 Å². The molecule has 0 aromatic rings. The van der Waals surface area contributed by atoms with Crippen LogP contribution in [-0.4, -0.2) is 31.2 Å². The zero-order valence-corrected chi connectivity index (χ0v) is 7.82. The van der Waals surface area contributed by atoms with Crippen molar-refractivity contribution in [2.75, 3.05) is 13.1 Å². The van der Waals surface area contributed by atoms with Crippen molar-refractivity contribution in [3.8, 4) is 0 Å². The number of hydrogen-bond acceptors (Lipinski definition) is 2. The minimum atomic E-state index is -4.37. The van der Waals surface area contributed by atoms with Gasteiger partial charge in [0.15, 0.2) is 0 Å². The molecule has 0 saturated heterocycles. The molecule has 0 aliphatic heterocycles. The molecule has 0 fully saturated rings. The van der Waals surface area contributed by atoms with Crippen LogP contribution in [0.1, 0.15) is 6.92 Å². The van der Waals surface area contributed by atoms with Gasteiger partial charge >= 0.3 is 6.18 Å². The van der Waals surface area contributed by atoms with Crippen molar-refractivity contribution in [3.63, 3.8) is 0 Å². The van der Waals surface area contributed by atoms with E-state index in [1.54, 1.807) is 5.32 Å². The standard InChI is InChI=1S/C8H13F3N2O/c1-3-4-12-6(2)7(14)13-5-8(9,10)11/h3,6,12H,1,4-5H2,2H3,(H,13,14). The minimum absolute atomic E-state index is 0.376. The van der Waals surface area contributed by atoms with Gasteiger partial charge in [-0.1, -0.05) is 6.08 Å². The van der Waals surface area contributed by atoms with E-state index in [9.17, 15) is 18.0 Å². The summed E-state index contributed by atoms with van der Waals surface area (Å²) in [6.07, 6.45) is -2.85. The van der Waals surface area contributed by atoms with Crippen LogP contribution in [0.4, 0.5) is 13.2 Å². The minimum Gasteiger partial charge on any atom is -0.346 e. The van der Waals surface area contributed by atoms with Gasteiger partial charge in [-0.25, -0.2) is 0 Å². The molecule has 3 nitrogen and oxygen atoms in total. The Morgan fingerprint density at radius 1 is 1.57 bits per heavy atom. The van der Waals surface area contributed by atoms with E-state index >= 15 is 0 Å². The van der Waals surface area contributed by atoms with Gasteiger partial charge in [0.05, 0.1) is 6.04 Å². The lowest BCUT2D eigenvalue weighted by molar-refractivity contribution is -0.139. The maximum atomic E-state index is 11.7. The van der Waals surface area contributed by atoms with Gasteiger partial charge in [0.1, 0.15) is 6.54 Å². The third-order valence-corrected chi connectivity index (χ3v) is 1.42. The zero-order chi connectivity index (χ0) is 11.2. The molecule has 82 valence electrons. The summed E-state index contributed by atoms with van der Waals surface area (Å²) >= 11 is 0. The second-order valence-corrected chi connectivity index (χ2v) is 2.75. The van der Waals surface area contributed by atoms with E-state index in [-0.39, 0.29) is 0 Å². The smallest absolute Gasteiger partial charge is 0.346 e. The number of carbonyl (C=O) groups excluding carboxylic acids is 1. The molecule has 0 aromatic carbocycles. The van der Waals surface area contributed by atoms with Crippen molar-refractivity contribution in [3.05, 3.63) is 12.7 Å². The molecule has 2 N–H and O–H groups in total. The van der Waals surface area contributed by atoms with Gasteiger partial charge in [-0.05, 0) is 6.92 Å². The quantitative estimate of drug-likeness (QED) is 0.660. The highest BCUT2D eigenvalue weighted by Gasteiger charge is 2.28. The molecule has 0 heterocycles. The number of rotatable bonds is 5. The largest absolute Gasteiger partial charge is 0.405 e. The van der Waals surface area contributed by atoms with Crippen LogP contribution in [-0.2, 0) is 4.79 Å².